The summed E-state index contributed by atoms with van der Waals surface area (Å²) in [6, 6.07) is 2.50. The molecule has 1 amide bonds. The van der Waals surface area contributed by atoms with Gasteiger partial charge < -0.3 is 5.11 Å². The Morgan fingerprint density at radius 1 is 1.30 bits per heavy atom. The van der Waals surface area contributed by atoms with Gasteiger partial charge in [-0.25, -0.2) is 17.5 Å². The van der Waals surface area contributed by atoms with Gasteiger partial charge in [-0.05, 0) is 18.2 Å². The van der Waals surface area contributed by atoms with Crippen molar-refractivity contribution in [3.63, 3.8) is 0 Å². The Hall–Kier alpha value is -2.10. The van der Waals surface area contributed by atoms with Crippen molar-refractivity contribution in [2.45, 2.75) is 11.1 Å². The van der Waals surface area contributed by atoms with Crippen molar-refractivity contribution >= 4 is 21.9 Å². The zero-order chi connectivity index (χ0) is 15.3. The Morgan fingerprint density at radius 3 is 2.40 bits per heavy atom. The van der Waals surface area contributed by atoms with Crippen LogP contribution in [0.3, 0.4) is 0 Å². The predicted molar refractivity (Wildman–Crippen MR) is 57.7 cm³/mol. The van der Waals surface area contributed by atoms with Crippen LogP contribution in [0.1, 0.15) is 20.7 Å². The number of sulfonamides is 1. The maximum atomic E-state index is 12.3. The van der Waals surface area contributed by atoms with E-state index in [0.717, 1.165) is 12.1 Å². The first-order valence-corrected chi connectivity index (χ1v) is 6.49. The summed E-state index contributed by atoms with van der Waals surface area (Å²) in [7, 11) is -4.68. The second kappa shape index (κ2) is 4.20. The van der Waals surface area contributed by atoms with Crippen LogP contribution in [0, 0.1) is 0 Å². The van der Waals surface area contributed by atoms with Gasteiger partial charge in [0.05, 0.1) is 11.1 Å². The maximum Gasteiger partial charge on any atom is 0.407 e. The molecule has 1 aliphatic heterocycles. The fourth-order valence-corrected chi connectivity index (χ4v) is 3.31. The first kappa shape index (κ1) is 14.3. The molecular weight excluding hydrogens is 303 g/mol. The number of alkyl halides is 3. The van der Waals surface area contributed by atoms with E-state index in [1.54, 1.807) is 0 Å². The van der Waals surface area contributed by atoms with Crippen LogP contribution in [0.2, 0.25) is 0 Å². The lowest BCUT2D eigenvalue weighted by molar-refractivity contribution is -0.132. The largest absolute Gasteiger partial charge is 0.478 e. The number of rotatable bonds is 2. The van der Waals surface area contributed by atoms with E-state index < -0.39 is 50.6 Å². The minimum atomic E-state index is -4.89. The maximum absolute atomic E-state index is 12.3. The lowest BCUT2D eigenvalue weighted by Gasteiger charge is -2.16. The average Bonchev–Trinajstić information content (AvgIpc) is 2.49. The molecular formula is C10H6F3NO5S. The lowest BCUT2D eigenvalue weighted by Crippen LogP contribution is -2.38. The summed E-state index contributed by atoms with van der Waals surface area (Å²) < 4.78 is 60.3. The molecule has 0 saturated heterocycles. The topological polar surface area (TPSA) is 91.8 Å². The zero-order valence-electron chi connectivity index (χ0n) is 9.51. The molecule has 0 atom stereocenters. The van der Waals surface area contributed by atoms with Gasteiger partial charge in [0.15, 0.2) is 0 Å². The number of benzene rings is 1. The fourth-order valence-electron chi connectivity index (χ4n) is 1.73. The van der Waals surface area contributed by atoms with Crippen molar-refractivity contribution in [3.05, 3.63) is 29.3 Å². The second-order valence-corrected chi connectivity index (χ2v) is 5.78. The van der Waals surface area contributed by atoms with Crippen LogP contribution in [0.25, 0.3) is 0 Å². The van der Waals surface area contributed by atoms with Crippen LogP contribution in [0.15, 0.2) is 23.1 Å². The number of halogens is 3. The standard InChI is InChI=1S/C10H6F3NO5S/c11-10(12,13)4-14-8(15)6-2-1-5(9(16)17)3-7(6)20(14,18)19/h1-3H,4H2,(H,16,17). The van der Waals surface area contributed by atoms with Crippen molar-refractivity contribution in [1.82, 2.24) is 4.31 Å². The zero-order valence-corrected chi connectivity index (χ0v) is 10.3. The van der Waals surface area contributed by atoms with E-state index in [-0.39, 0.29) is 4.31 Å². The highest BCUT2D eigenvalue weighted by atomic mass is 32.2. The molecule has 0 fully saturated rings. The molecule has 108 valence electrons. The molecule has 1 N–H and O–H groups in total. The normalized spacial score (nSPS) is 17.1. The number of carboxylic acid groups (broad SMARTS) is 1. The molecule has 0 bridgehead atoms. The number of carbonyl (C=O) groups is 2. The molecule has 1 heterocycles. The summed E-state index contributed by atoms with van der Waals surface area (Å²) in [5, 5.41) is 8.73. The van der Waals surface area contributed by atoms with Gasteiger partial charge in [0.2, 0.25) is 0 Å². The van der Waals surface area contributed by atoms with Crippen molar-refractivity contribution in [1.29, 1.82) is 0 Å². The van der Waals surface area contributed by atoms with E-state index >= 15 is 0 Å². The van der Waals surface area contributed by atoms with Gasteiger partial charge in [0, 0.05) is 0 Å². The van der Waals surface area contributed by atoms with Crippen LogP contribution in [-0.2, 0) is 10.0 Å². The lowest BCUT2D eigenvalue weighted by atomic mass is 10.1. The molecule has 20 heavy (non-hydrogen) atoms. The molecule has 0 saturated carbocycles. The monoisotopic (exact) mass is 309 g/mol. The van der Waals surface area contributed by atoms with E-state index in [0.29, 0.717) is 6.07 Å². The van der Waals surface area contributed by atoms with E-state index in [2.05, 4.69) is 0 Å². The van der Waals surface area contributed by atoms with E-state index in [9.17, 15) is 31.2 Å². The molecule has 6 nitrogen and oxygen atoms in total. The summed E-state index contributed by atoms with van der Waals surface area (Å²) in [6.45, 7) is -1.95. The summed E-state index contributed by atoms with van der Waals surface area (Å²) in [4.78, 5) is 21.7. The molecule has 2 rings (SSSR count). The van der Waals surface area contributed by atoms with Crippen LogP contribution < -0.4 is 0 Å². The minimum absolute atomic E-state index is 0.316. The Balaban J connectivity index is 2.57. The molecule has 10 heteroatoms. The predicted octanol–water partition coefficient (Wildman–Crippen LogP) is 1.09. The first-order valence-electron chi connectivity index (χ1n) is 5.05. The number of amides is 1. The van der Waals surface area contributed by atoms with Crippen molar-refractivity contribution in [2.75, 3.05) is 6.54 Å². The molecule has 0 radical (unpaired) electrons. The highest BCUT2D eigenvalue weighted by Crippen LogP contribution is 2.33. The van der Waals surface area contributed by atoms with Crippen LogP contribution >= 0.6 is 0 Å². The van der Waals surface area contributed by atoms with Gasteiger partial charge in [0.25, 0.3) is 15.9 Å². The number of nitrogens with zero attached hydrogens (tertiary/aromatic N) is 1. The van der Waals surface area contributed by atoms with E-state index in [4.69, 9.17) is 5.11 Å². The molecule has 1 aliphatic rings. The minimum Gasteiger partial charge on any atom is -0.478 e. The highest BCUT2D eigenvalue weighted by Gasteiger charge is 2.46. The first-order chi connectivity index (χ1) is 9.04. The second-order valence-electron chi connectivity index (χ2n) is 3.95. The number of carboxylic acids is 1. The highest BCUT2D eigenvalue weighted by molar-refractivity contribution is 7.90. The van der Waals surface area contributed by atoms with Gasteiger partial charge in [-0.1, -0.05) is 0 Å². The third-order valence-electron chi connectivity index (χ3n) is 2.58. The van der Waals surface area contributed by atoms with Crippen LogP contribution in [0.5, 0.6) is 0 Å². The number of aromatic carboxylic acids is 1. The third-order valence-corrected chi connectivity index (χ3v) is 4.35. The summed E-state index contributed by atoms with van der Waals surface area (Å²) in [5.41, 5.74) is -0.909. The number of hydrogen-bond donors (Lipinski definition) is 1. The van der Waals surface area contributed by atoms with Gasteiger partial charge in [0.1, 0.15) is 11.4 Å². The Labute approximate surface area is 110 Å². The van der Waals surface area contributed by atoms with E-state index in [1.165, 1.54) is 0 Å². The molecule has 0 aromatic heterocycles. The summed E-state index contributed by atoms with van der Waals surface area (Å²) in [5.74, 6) is -2.78. The van der Waals surface area contributed by atoms with Crippen LogP contribution in [0.4, 0.5) is 13.2 Å². The van der Waals surface area contributed by atoms with Crippen molar-refractivity contribution < 1.29 is 36.3 Å². The van der Waals surface area contributed by atoms with Gasteiger partial charge in [-0.3, -0.25) is 4.79 Å². The number of hydrogen-bond acceptors (Lipinski definition) is 4. The van der Waals surface area contributed by atoms with Gasteiger partial charge in [-0.2, -0.15) is 13.2 Å². The Morgan fingerprint density at radius 2 is 1.90 bits per heavy atom. The van der Waals surface area contributed by atoms with Gasteiger partial charge in [-0.15, -0.1) is 0 Å². The molecule has 0 spiro atoms. The molecule has 0 aliphatic carbocycles. The van der Waals surface area contributed by atoms with E-state index in [1.807, 2.05) is 0 Å². The van der Waals surface area contributed by atoms with Crippen LogP contribution in [-0.4, -0.2) is 42.4 Å². The Kier molecular flexibility index (Phi) is 3.00. The number of carbonyl (C=O) groups excluding carboxylic acids is 1. The smallest absolute Gasteiger partial charge is 0.407 e. The Bertz CT molecular complexity index is 710. The quantitative estimate of drug-likeness (QED) is 0.883. The molecule has 0 unspecified atom stereocenters. The summed E-state index contributed by atoms with van der Waals surface area (Å²) in [6.07, 6.45) is -4.89. The fraction of sp³-hybridized carbons (Fsp3) is 0.200. The molecule has 1 aromatic rings. The average molecular weight is 309 g/mol. The SMILES string of the molecule is O=C(O)c1ccc2c(c1)S(=O)(=O)N(CC(F)(F)F)C2=O. The number of fused-ring (bicyclic) bond motifs is 1. The van der Waals surface area contributed by atoms with Gasteiger partial charge >= 0.3 is 12.1 Å². The summed E-state index contributed by atoms with van der Waals surface area (Å²) >= 11 is 0. The van der Waals surface area contributed by atoms with Crippen molar-refractivity contribution in [3.8, 4) is 0 Å². The molecule has 1 aromatic carbocycles. The van der Waals surface area contributed by atoms with Crippen molar-refractivity contribution in [2.24, 2.45) is 0 Å². The third kappa shape index (κ3) is 2.22.